The molecule has 2 unspecified atom stereocenters. The summed E-state index contributed by atoms with van der Waals surface area (Å²) in [6.07, 6.45) is 0.720. The van der Waals surface area contributed by atoms with Crippen LogP contribution in [-0.2, 0) is 64.1 Å². The molecule has 2 saturated heterocycles. The van der Waals surface area contributed by atoms with Crippen LogP contribution in [0.2, 0.25) is 0 Å². The summed E-state index contributed by atoms with van der Waals surface area (Å²) in [7, 11) is 0. The van der Waals surface area contributed by atoms with Gasteiger partial charge < -0.3 is 28.7 Å². The molecule has 6 rings (SSSR count). The number of likely N-dealkylation sites (tertiary alicyclic amines) is 2. The normalized spacial score (nSPS) is 19.6. The summed E-state index contributed by atoms with van der Waals surface area (Å²) in [5, 5.41) is 0. The smallest absolute Gasteiger partial charge is 0.424 e. The number of nitrogens with zero attached hydrogens (tertiary/aromatic N) is 4. The van der Waals surface area contributed by atoms with Gasteiger partial charge >= 0.3 is 12.2 Å². The van der Waals surface area contributed by atoms with Gasteiger partial charge in [0.2, 0.25) is 11.8 Å². The molecule has 0 saturated carbocycles. The van der Waals surface area contributed by atoms with Gasteiger partial charge in [-0.2, -0.15) is 9.80 Å². The molecule has 4 heterocycles. The van der Waals surface area contributed by atoms with Gasteiger partial charge in [0.1, 0.15) is 23.3 Å². The fourth-order valence-corrected chi connectivity index (χ4v) is 7.97. The quantitative estimate of drug-likeness (QED) is 0.192. The third-order valence-electron chi connectivity index (χ3n) is 10.7. The lowest BCUT2D eigenvalue weighted by atomic mass is 9.99. The maximum atomic E-state index is 13.5. The first-order valence-electron chi connectivity index (χ1n) is 20.5. The molecule has 2 atom stereocenters. The van der Waals surface area contributed by atoms with Gasteiger partial charge in [0.25, 0.3) is 23.6 Å². The highest BCUT2D eigenvalue weighted by molar-refractivity contribution is 6.14. The average molecular weight is 831 g/mol. The summed E-state index contributed by atoms with van der Waals surface area (Å²) >= 11 is 0. The number of aryl methyl sites for hydroxylation is 2. The third kappa shape index (κ3) is 9.76. The van der Waals surface area contributed by atoms with Crippen LogP contribution in [0.25, 0.3) is 0 Å². The first-order valence-corrected chi connectivity index (χ1v) is 20.5. The molecule has 0 aliphatic carbocycles. The van der Waals surface area contributed by atoms with Crippen molar-refractivity contribution in [3.63, 3.8) is 0 Å². The molecule has 0 aromatic heterocycles. The van der Waals surface area contributed by atoms with Gasteiger partial charge in [-0.1, -0.05) is 24.3 Å². The van der Waals surface area contributed by atoms with E-state index in [0.717, 1.165) is 22.3 Å². The minimum absolute atomic E-state index is 0.0600. The van der Waals surface area contributed by atoms with Crippen molar-refractivity contribution < 1.29 is 57.3 Å². The number of amides is 8. The van der Waals surface area contributed by atoms with Crippen LogP contribution in [0.15, 0.2) is 36.4 Å². The number of hydrogen-bond donors (Lipinski definition) is 0. The molecule has 2 aromatic carbocycles. The molecule has 0 bridgehead atoms. The Bertz CT molecular complexity index is 1920. The second kappa shape index (κ2) is 18.0. The standard InChI is InChI=1S/C44H54N4O12/c1-43(2,3)59-41(55)47-35(49)19-17-33(39(47)53)45-25-31-27(11-7-15-29(31)37(45)51)13-9-21-57-23-24-58-22-10-14-28-12-8-16-30-32(28)26-46(38(30)52)34-18-20-36(50)48(40(34)54)42(56)60-44(4,5)6/h7-8,11-12,15-16,33-34H,9-10,13-14,17-26H2,1-6H3. The van der Waals surface area contributed by atoms with Gasteiger partial charge in [-0.05, 0) is 114 Å². The first kappa shape index (κ1) is 44.1. The fraction of sp³-hybridized carbons (Fsp3) is 0.545. The van der Waals surface area contributed by atoms with E-state index in [1.54, 1.807) is 53.7 Å². The highest BCUT2D eigenvalue weighted by Crippen LogP contribution is 2.34. The Balaban J connectivity index is 0.914. The van der Waals surface area contributed by atoms with E-state index in [4.69, 9.17) is 18.9 Å². The molecule has 2 aromatic rings. The largest absolute Gasteiger partial charge is 0.443 e. The second-order valence-electron chi connectivity index (χ2n) is 17.4. The average Bonchev–Trinajstić information content (AvgIpc) is 3.67. The number of hydrogen-bond acceptors (Lipinski definition) is 12. The van der Waals surface area contributed by atoms with Crippen molar-refractivity contribution in [1.29, 1.82) is 0 Å². The van der Waals surface area contributed by atoms with E-state index in [9.17, 15) is 38.4 Å². The van der Waals surface area contributed by atoms with Crippen LogP contribution in [0.1, 0.15) is 123 Å². The van der Waals surface area contributed by atoms with Crippen molar-refractivity contribution in [2.24, 2.45) is 0 Å². The number of carbonyl (C=O) groups excluding carboxylic acids is 8. The van der Waals surface area contributed by atoms with Crippen LogP contribution in [0.5, 0.6) is 0 Å². The molecule has 0 N–H and O–H groups in total. The monoisotopic (exact) mass is 830 g/mol. The number of ether oxygens (including phenoxy) is 4. The maximum Gasteiger partial charge on any atom is 0.424 e. The summed E-state index contributed by atoms with van der Waals surface area (Å²) in [5.41, 5.74) is 2.78. The van der Waals surface area contributed by atoms with Crippen molar-refractivity contribution in [2.75, 3.05) is 26.4 Å². The Labute approximate surface area is 349 Å². The van der Waals surface area contributed by atoms with E-state index in [1.807, 2.05) is 24.3 Å². The summed E-state index contributed by atoms with van der Waals surface area (Å²) in [5.74, 6) is -3.42. The summed E-state index contributed by atoms with van der Waals surface area (Å²) in [6, 6.07) is 9.06. The van der Waals surface area contributed by atoms with E-state index >= 15 is 0 Å². The first-order chi connectivity index (χ1) is 28.4. The summed E-state index contributed by atoms with van der Waals surface area (Å²) in [4.78, 5) is 108. The molecule has 322 valence electrons. The second-order valence-corrected chi connectivity index (χ2v) is 17.4. The molecular weight excluding hydrogens is 777 g/mol. The molecule has 16 heteroatoms. The Hall–Kier alpha value is -5.48. The molecule has 8 amide bonds. The molecule has 4 aliphatic heterocycles. The minimum Gasteiger partial charge on any atom is -0.443 e. The van der Waals surface area contributed by atoms with E-state index < -0.39 is 59.1 Å². The SMILES string of the molecule is CC(C)(C)OC(=O)N1C(=O)CCC(N2Cc3c(CCCOCCOCCCc4cccc5c4CN(C4CCC(=O)N(C(=O)OC(C)(C)C)C4=O)C5=O)cccc3C2=O)C1=O. The number of imide groups is 6. The number of benzene rings is 2. The molecule has 16 nitrogen and oxygen atoms in total. The summed E-state index contributed by atoms with van der Waals surface area (Å²) in [6.45, 7) is 12.0. The minimum atomic E-state index is -1.03. The lowest BCUT2D eigenvalue weighted by molar-refractivity contribution is -0.152. The van der Waals surface area contributed by atoms with Gasteiger partial charge in [-0.15, -0.1) is 0 Å². The van der Waals surface area contributed by atoms with E-state index in [-0.39, 0.29) is 50.6 Å². The van der Waals surface area contributed by atoms with Crippen molar-refractivity contribution in [2.45, 2.75) is 129 Å². The van der Waals surface area contributed by atoms with Crippen molar-refractivity contribution in [3.8, 4) is 0 Å². The predicted molar refractivity (Wildman–Crippen MR) is 213 cm³/mol. The fourth-order valence-electron chi connectivity index (χ4n) is 7.97. The van der Waals surface area contributed by atoms with Gasteiger partial charge in [-0.3, -0.25) is 28.8 Å². The molecular formula is C44H54N4O12. The Kier molecular flexibility index (Phi) is 13.2. The lowest BCUT2D eigenvalue weighted by Crippen LogP contribution is -2.57. The zero-order valence-electron chi connectivity index (χ0n) is 35.2. The van der Waals surface area contributed by atoms with Crippen molar-refractivity contribution in [3.05, 3.63) is 69.8 Å². The van der Waals surface area contributed by atoms with Crippen molar-refractivity contribution in [1.82, 2.24) is 19.6 Å². The van der Waals surface area contributed by atoms with Crippen LogP contribution in [-0.4, -0.2) is 117 Å². The Morgan fingerprint density at radius 2 is 0.967 bits per heavy atom. The Morgan fingerprint density at radius 3 is 1.33 bits per heavy atom. The Morgan fingerprint density at radius 1 is 0.583 bits per heavy atom. The predicted octanol–water partition coefficient (Wildman–Crippen LogP) is 5.10. The van der Waals surface area contributed by atoms with Gasteiger partial charge in [0, 0.05) is 50.3 Å². The van der Waals surface area contributed by atoms with Gasteiger partial charge in [0.15, 0.2) is 0 Å². The van der Waals surface area contributed by atoms with Gasteiger partial charge in [-0.25, -0.2) is 9.59 Å². The number of piperidine rings is 2. The van der Waals surface area contributed by atoms with E-state index in [0.29, 0.717) is 73.0 Å². The zero-order chi connectivity index (χ0) is 43.5. The number of carbonyl (C=O) groups is 8. The van der Waals surface area contributed by atoms with Crippen LogP contribution in [0.4, 0.5) is 9.59 Å². The highest BCUT2D eigenvalue weighted by atomic mass is 16.6. The molecule has 2 fully saturated rings. The number of fused-ring (bicyclic) bond motifs is 2. The van der Waals surface area contributed by atoms with E-state index in [1.165, 1.54) is 9.80 Å². The lowest BCUT2D eigenvalue weighted by Gasteiger charge is -2.35. The van der Waals surface area contributed by atoms with Crippen LogP contribution in [0.3, 0.4) is 0 Å². The number of rotatable bonds is 13. The van der Waals surface area contributed by atoms with Crippen LogP contribution >= 0.6 is 0 Å². The molecule has 0 spiro atoms. The van der Waals surface area contributed by atoms with E-state index in [2.05, 4.69) is 0 Å². The van der Waals surface area contributed by atoms with Crippen LogP contribution in [0, 0.1) is 0 Å². The zero-order valence-corrected chi connectivity index (χ0v) is 35.2. The summed E-state index contributed by atoms with van der Waals surface area (Å²) < 4.78 is 22.2. The maximum absolute atomic E-state index is 13.5. The third-order valence-corrected chi connectivity index (χ3v) is 10.7. The van der Waals surface area contributed by atoms with Crippen molar-refractivity contribution >= 4 is 47.6 Å². The highest BCUT2D eigenvalue weighted by Gasteiger charge is 2.48. The molecule has 60 heavy (non-hydrogen) atoms. The molecule has 0 radical (unpaired) electrons. The van der Waals surface area contributed by atoms with Gasteiger partial charge in [0.05, 0.1) is 13.2 Å². The topological polar surface area (TPSA) is 186 Å². The molecule has 4 aliphatic rings. The van der Waals surface area contributed by atoms with Crippen LogP contribution < -0.4 is 0 Å².